The Bertz CT molecular complexity index is 478. The Morgan fingerprint density at radius 2 is 2.33 bits per heavy atom. The summed E-state index contributed by atoms with van der Waals surface area (Å²) >= 11 is 3.50. The van der Waals surface area contributed by atoms with Gasteiger partial charge >= 0.3 is 0 Å². The third kappa shape index (κ3) is 3.89. The Kier molecular flexibility index (Phi) is 5.88. The largest absolute Gasteiger partial charge is 0.340 e. The number of rotatable bonds is 5. The van der Waals surface area contributed by atoms with E-state index in [2.05, 4.69) is 51.5 Å². The van der Waals surface area contributed by atoms with E-state index in [4.69, 9.17) is 0 Å². The zero-order valence-corrected chi connectivity index (χ0v) is 14.8. The van der Waals surface area contributed by atoms with Gasteiger partial charge in [-0.05, 0) is 61.7 Å². The van der Waals surface area contributed by atoms with Gasteiger partial charge in [-0.3, -0.25) is 4.79 Å². The number of piperidine rings is 1. The molecule has 1 aliphatic rings. The van der Waals surface area contributed by atoms with Crippen LogP contribution in [0, 0.1) is 0 Å². The minimum atomic E-state index is 0.157. The predicted molar refractivity (Wildman–Crippen MR) is 89.7 cm³/mol. The summed E-state index contributed by atoms with van der Waals surface area (Å²) in [5.74, 6) is 0.157. The number of carbonyl (C=O) groups is 1. The zero-order valence-electron chi connectivity index (χ0n) is 13.2. The molecule has 1 saturated heterocycles. The first kappa shape index (κ1) is 16.6. The van der Waals surface area contributed by atoms with Gasteiger partial charge in [-0.25, -0.2) is 0 Å². The topological polar surface area (TPSA) is 37.3 Å². The van der Waals surface area contributed by atoms with Gasteiger partial charge in [0.15, 0.2) is 0 Å². The molecule has 1 unspecified atom stereocenters. The van der Waals surface area contributed by atoms with E-state index in [-0.39, 0.29) is 11.9 Å². The van der Waals surface area contributed by atoms with Crippen LogP contribution in [0.4, 0.5) is 0 Å². The van der Waals surface area contributed by atoms with Crippen LogP contribution in [-0.2, 0) is 0 Å². The van der Waals surface area contributed by atoms with Gasteiger partial charge in [0, 0.05) is 35.8 Å². The molecule has 21 heavy (non-hydrogen) atoms. The highest BCUT2D eigenvalue weighted by atomic mass is 79.9. The van der Waals surface area contributed by atoms with Crippen LogP contribution in [0.5, 0.6) is 0 Å². The molecule has 1 N–H and O–H groups in total. The van der Waals surface area contributed by atoms with Crippen molar-refractivity contribution in [3.8, 4) is 0 Å². The molecule has 1 aliphatic heterocycles. The predicted octanol–water partition coefficient (Wildman–Crippen LogP) is 3.44. The van der Waals surface area contributed by atoms with E-state index < -0.39 is 0 Å². The molecule has 1 fully saturated rings. The Labute approximate surface area is 136 Å². The molecule has 0 bridgehead atoms. The molecule has 4 nitrogen and oxygen atoms in total. The van der Waals surface area contributed by atoms with E-state index in [0.29, 0.717) is 6.04 Å². The first-order valence-electron chi connectivity index (χ1n) is 7.93. The van der Waals surface area contributed by atoms with E-state index in [1.807, 2.05) is 12.3 Å². The number of nitrogens with zero attached hydrogens (tertiary/aromatic N) is 2. The van der Waals surface area contributed by atoms with Crippen LogP contribution in [-0.4, -0.2) is 41.1 Å². The van der Waals surface area contributed by atoms with Crippen molar-refractivity contribution in [2.24, 2.45) is 0 Å². The molecular formula is C16H26BrN3O. The molecule has 2 rings (SSSR count). The molecule has 1 amide bonds. The molecule has 0 aromatic carbocycles. The highest BCUT2D eigenvalue weighted by Gasteiger charge is 2.27. The molecule has 1 aromatic rings. The van der Waals surface area contributed by atoms with Gasteiger partial charge in [0.2, 0.25) is 0 Å². The van der Waals surface area contributed by atoms with Gasteiger partial charge < -0.3 is 14.8 Å². The molecule has 0 radical (unpaired) electrons. The Morgan fingerprint density at radius 3 is 2.90 bits per heavy atom. The standard InChI is InChI=1S/C16H26BrN3O/c1-4-8-19(14-6-5-7-18-10-14)16(21)15-9-13(17)11-20(15)12(2)3/h9,11-12,14,18H,4-8,10H2,1-3H3. The molecule has 0 spiro atoms. The first-order valence-corrected chi connectivity index (χ1v) is 8.73. The van der Waals surface area contributed by atoms with E-state index in [0.717, 1.165) is 49.1 Å². The second-order valence-electron chi connectivity index (χ2n) is 6.04. The van der Waals surface area contributed by atoms with Gasteiger partial charge in [0.1, 0.15) is 5.69 Å². The fourth-order valence-electron chi connectivity index (χ4n) is 2.98. The van der Waals surface area contributed by atoms with Crippen molar-refractivity contribution in [1.82, 2.24) is 14.8 Å². The molecular weight excluding hydrogens is 330 g/mol. The summed E-state index contributed by atoms with van der Waals surface area (Å²) in [4.78, 5) is 15.1. The number of nitrogens with one attached hydrogen (secondary N) is 1. The summed E-state index contributed by atoms with van der Waals surface area (Å²) in [5, 5.41) is 3.41. The Hall–Kier alpha value is -0.810. The van der Waals surface area contributed by atoms with Gasteiger partial charge in [0.25, 0.3) is 5.91 Å². The van der Waals surface area contributed by atoms with E-state index in [1.165, 1.54) is 0 Å². The summed E-state index contributed by atoms with van der Waals surface area (Å²) in [6.45, 7) is 9.15. The van der Waals surface area contributed by atoms with Crippen LogP contribution >= 0.6 is 15.9 Å². The number of carbonyl (C=O) groups excluding carboxylic acids is 1. The quantitative estimate of drug-likeness (QED) is 0.878. The lowest BCUT2D eigenvalue weighted by Gasteiger charge is -2.35. The van der Waals surface area contributed by atoms with Crippen molar-refractivity contribution in [1.29, 1.82) is 0 Å². The first-order chi connectivity index (χ1) is 10.0. The van der Waals surface area contributed by atoms with Crippen LogP contribution < -0.4 is 5.32 Å². The molecule has 2 heterocycles. The summed E-state index contributed by atoms with van der Waals surface area (Å²) in [7, 11) is 0. The third-order valence-electron chi connectivity index (χ3n) is 4.03. The van der Waals surface area contributed by atoms with Gasteiger partial charge in [-0.15, -0.1) is 0 Å². The van der Waals surface area contributed by atoms with Crippen molar-refractivity contribution in [3.63, 3.8) is 0 Å². The van der Waals surface area contributed by atoms with Gasteiger partial charge in [-0.1, -0.05) is 6.92 Å². The van der Waals surface area contributed by atoms with Crippen molar-refractivity contribution >= 4 is 21.8 Å². The number of halogens is 1. The van der Waals surface area contributed by atoms with Crippen molar-refractivity contribution < 1.29 is 4.79 Å². The van der Waals surface area contributed by atoms with Crippen LogP contribution in [0.15, 0.2) is 16.7 Å². The minimum Gasteiger partial charge on any atom is -0.340 e. The lowest BCUT2D eigenvalue weighted by molar-refractivity contribution is 0.0636. The summed E-state index contributed by atoms with van der Waals surface area (Å²) in [5.41, 5.74) is 0.788. The van der Waals surface area contributed by atoms with E-state index in [9.17, 15) is 4.79 Å². The minimum absolute atomic E-state index is 0.157. The summed E-state index contributed by atoms with van der Waals surface area (Å²) in [6, 6.07) is 2.55. The molecule has 0 saturated carbocycles. The van der Waals surface area contributed by atoms with E-state index >= 15 is 0 Å². The van der Waals surface area contributed by atoms with Crippen molar-refractivity contribution in [2.75, 3.05) is 19.6 Å². The average molecular weight is 356 g/mol. The number of hydrogen-bond donors (Lipinski definition) is 1. The fraction of sp³-hybridized carbons (Fsp3) is 0.688. The SMILES string of the molecule is CCCN(C(=O)c1cc(Br)cn1C(C)C)C1CCCNC1. The normalized spacial score (nSPS) is 19.0. The van der Waals surface area contributed by atoms with Gasteiger partial charge in [0.05, 0.1) is 0 Å². The number of amides is 1. The highest BCUT2D eigenvalue weighted by molar-refractivity contribution is 9.10. The zero-order chi connectivity index (χ0) is 15.4. The van der Waals surface area contributed by atoms with Crippen molar-refractivity contribution in [3.05, 3.63) is 22.4 Å². The second-order valence-corrected chi connectivity index (χ2v) is 6.96. The number of hydrogen-bond acceptors (Lipinski definition) is 2. The number of aromatic nitrogens is 1. The van der Waals surface area contributed by atoms with Crippen molar-refractivity contribution in [2.45, 2.75) is 52.1 Å². The average Bonchev–Trinajstić information content (AvgIpc) is 2.87. The maximum Gasteiger partial charge on any atom is 0.270 e. The summed E-state index contributed by atoms with van der Waals surface area (Å²) < 4.78 is 3.03. The van der Waals surface area contributed by atoms with Crippen LogP contribution in [0.1, 0.15) is 56.6 Å². The Balaban J connectivity index is 2.25. The molecule has 5 heteroatoms. The van der Waals surface area contributed by atoms with Crippen LogP contribution in [0.2, 0.25) is 0 Å². The highest BCUT2D eigenvalue weighted by Crippen LogP contribution is 2.23. The summed E-state index contributed by atoms with van der Waals surface area (Å²) in [6.07, 6.45) is 5.24. The second kappa shape index (κ2) is 7.45. The van der Waals surface area contributed by atoms with Crippen LogP contribution in [0.3, 0.4) is 0 Å². The maximum atomic E-state index is 13.0. The molecule has 118 valence electrons. The maximum absolute atomic E-state index is 13.0. The molecule has 0 aliphatic carbocycles. The Morgan fingerprint density at radius 1 is 1.57 bits per heavy atom. The third-order valence-corrected chi connectivity index (χ3v) is 4.46. The monoisotopic (exact) mass is 355 g/mol. The molecule has 1 aromatic heterocycles. The van der Waals surface area contributed by atoms with E-state index in [1.54, 1.807) is 0 Å². The van der Waals surface area contributed by atoms with Crippen LogP contribution in [0.25, 0.3) is 0 Å². The lowest BCUT2D eigenvalue weighted by Crippen LogP contribution is -2.49. The van der Waals surface area contributed by atoms with Gasteiger partial charge in [-0.2, -0.15) is 0 Å². The molecule has 1 atom stereocenters. The fourth-order valence-corrected chi connectivity index (χ4v) is 3.42. The smallest absolute Gasteiger partial charge is 0.270 e. The lowest BCUT2D eigenvalue weighted by atomic mass is 10.0.